The van der Waals surface area contributed by atoms with E-state index in [0.29, 0.717) is 5.02 Å². The van der Waals surface area contributed by atoms with Gasteiger partial charge in [0.25, 0.3) is 15.9 Å². The number of hydrogen-bond donors (Lipinski definition) is 2. The summed E-state index contributed by atoms with van der Waals surface area (Å²) in [6, 6.07) is 13.8. The standard InChI is InChI=1S/C21H18ClFN2O5S/c1-29-19-10-8-14(12-17(19)24-21(26)15-5-3-4-6-16(15)23)31(27,28)25-18-11-13(22)7-9-20(18)30-2/h3-12,25H,1-2H3,(H,24,26). The van der Waals surface area contributed by atoms with E-state index in [0.717, 1.165) is 6.07 Å². The number of amides is 1. The first kappa shape index (κ1) is 22.4. The number of rotatable bonds is 7. The second-order valence-corrected chi connectivity index (χ2v) is 8.37. The Labute approximate surface area is 183 Å². The van der Waals surface area contributed by atoms with Gasteiger partial charge in [-0.25, -0.2) is 12.8 Å². The largest absolute Gasteiger partial charge is 0.495 e. The van der Waals surface area contributed by atoms with Crippen LogP contribution in [0, 0.1) is 5.82 Å². The van der Waals surface area contributed by atoms with Crippen LogP contribution in [0.4, 0.5) is 15.8 Å². The molecule has 0 heterocycles. The van der Waals surface area contributed by atoms with E-state index in [1.54, 1.807) is 6.07 Å². The van der Waals surface area contributed by atoms with Crippen molar-refractivity contribution in [2.75, 3.05) is 24.3 Å². The molecule has 3 aromatic carbocycles. The van der Waals surface area contributed by atoms with Crippen molar-refractivity contribution in [2.45, 2.75) is 4.90 Å². The van der Waals surface area contributed by atoms with Crippen LogP contribution in [0.1, 0.15) is 10.4 Å². The number of sulfonamides is 1. The normalized spacial score (nSPS) is 11.0. The molecule has 0 aliphatic carbocycles. The number of hydrogen-bond acceptors (Lipinski definition) is 5. The Morgan fingerprint density at radius 3 is 2.26 bits per heavy atom. The van der Waals surface area contributed by atoms with Gasteiger partial charge in [-0.15, -0.1) is 0 Å². The van der Waals surface area contributed by atoms with Gasteiger partial charge >= 0.3 is 0 Å². The van der Waals surface area contributed by atoms with Crippen LogP contribution in [0.5, 0.6) is 11.5 Å². The van der Waals surface area contributed by atoms with Crippen LogP contribution in [0.2, 0.25) is 5.02 Å². The summed E-state index contributed by atoms with van der Waals surface area (Å²) >= 11 is 5.96. The minimum Gasteiger partial charge on any atom is -0.495 e. The maximum atomic E-state index is 13.9. The predicted octanol–water partition coefficient (Wildman–Crippen LogP) is 4.55. The first-order chi connectivity index (χ1) is 14.7. The van der Waals surface area contributed by atoms with Gasteiger partial charge in [-0.3, -0.25) is 9.52 Å². The molecule has 10 heteroatoms. The lowest BCUT2D eigenvalue weighted by Crippen LogP contribution is -2.17. The van der Waals surface area contributed by atoms with Crippen LogP contribution in [0.25, 0.3) is 0 Å². The lowest BCUT2D eigenvalue weighted by Gasteiger charge is -2.15. The van der Waals surface area contributed by atoms with Crippen LogP contribution in [-0.4, -0.2) is 28.5 Å². The molecule has 3 aromatic rings. The smallest absolute Gasteiger partial charge is 0.262 e. The molecular weight excluding hydrogens is 447 g/mol. The summed E-state index contributed by atoms with van der Waals surface area (Å²) in [5.74, 6) is -0.994. The van der Waals surface area contributed by atoms with Gasteiger partial charge in [-0.1, -0.05) is 23.7 Å². The number of benzene rings is 3. The van der Waals surface area contributed by atoms with Crippen LogP contribution in [0.3, 0.4) is 0 Å². The Kier molecular flexibility index (Phi) is 6.67. The van der Waals surface area contributed by atoms with Crippen LogP contribution >= 0.6 is 11.6 Å². The highest BCUT2D eigenvalue weighted by Crippen LogP contribution is 2.32. The molecule has 0 bridgehead atoms. The van der Waals surface area contributed by atoms with Gasteiger partial charge in [0.05, 0.1) is 36.1 Å². The van der Waals surface area contributed by atoms with Crippen molar-refractivity contribution < 1.29 is 27.1 Å². The summed E-state index contributed by atoms with van der Waals surface area (Å²) in [6.45, 7) is 0. The van der Waals surface area contributed by atoms with E-state index in [-0.39, 0.29) is 33.3 Å². The van der Waals surface area contributed by atoms with Crippen molar-refractivity contribution in [3.05, 3.63) is 77.1 Å². The van der Waals surface area contributed by atoms with Crippen LogP contribution in [-0.2, 0) is 10.0 Å². The monoisotopic (exact) mass is 464 g/mol. The number of halogens is 2. The number of carbonyl (C=O) groups excluding carboxylic acids is 1. The van der Waals surface area contributed by atoms with Crippen molar-refractivity contribution in [2.24, 2.45) is 0 Å². The highest BCUT2D eigenvalue weighted by atomic mass is 35.5. The highest BCUT2D eigenvalue weighted by Gasteiger charge is 2.20. The number of carbonyl (C=O) groups is 1. The van der Waals surface area contributed by atoms with E-state index in [4.69, 9.17) is 21.1 Å². The van der Waals surface area contributed by atoms with Crippen molar-refractivity contribution in [1.29, 1.82) is 0 Å². The summed E-state index contributed by atoms with van der Waals surface area (Å²) in [5, 5.41) is 2.80. The Bertz CT molecular complexity index is 1230. The Morgan fingerprint density at radius 2 is 1.58 bits per heavy atom. The molecule has 0 fully saturated rings. The molecule has 162 valence electrons. The summed E-state index contributed by atoms with van der Waals surface area (Å²) < 4.78 is 52.5. The molecule has 3 rings (SSSR count). The molecule has 2 N–H and O–H groups in total. The molecular formula is C21H18ClFN2O5S. The quantitative estimate of drug-likeness (QED) is 0.535. The van der Waals surface area contributed by atoms with Gasteiger partial charge in [-0.2, -0.15) is 0 Å². The van der Waals surface area contributed by atoms with Crippen LogP contribution < -0.4 is 19.5 Å². The molecule has 31 heavy (non-hydrogen) atoms. The molecule has 0 radical (unpaired) electrons. The van der Waals surface area contributed by atoms with Gasteiger partial charge in [0.1, 0.15) is 17.3 Å². The van der Waals surface area contributed by atoms with Crippen molar-refractivity contribution in [1.82, 2.24) is 0 Å². The molecule has 0 saturated carbocycles. The summed E-state index contributed by atoms with van der Waals surface area (Å²) in [6.07, 6.45) is 0. The number of anilines is 2. The highest BCUT2D eigenvalue weighted by molar-refractivity contribution is 7.92. The molecule has 7 nitrogen and oxygen atoms in total. The summed E-state index contributed by atoms with van der Waals surface area (Å²) in [4.78, 5) is 12.3. The summed E-state index contributed by atoms with van der Waals surface area (Å²) in [5.41, 5.74) is -0.000880. The van der Waals surface area contributed by atoms with Gasteiger partial charge in [0.15, 0.2) is 0 Å². The molecule has 0 saturated heterocycles. The zero-order valence-corrected chi connectivity index (χ0v) is 18.1. The van der Waals surface area contributed by atoms with Crippen molar-refractivity contribution in [3.63, 3.8) is 0 Å². The zero-order chi connectivity index (χ0) is 22.6. The van der Waals surface area contributed by atoms with Gasteiger partial charge in [-0.05, 0) is 48.5 Å². The molecule has 0 aliphatic rings. The van der Waals surface area contributed by atoms with E-state index < -0.39 is 21.7 Å². The van der Waals surface area contributed by atoms with Crippen molar-refractivity contribution in [3.8, 4) is 11.5 Å². The van der Waals surface area contributed by atoms with E-state index in [1.165, 1.54) is 62.8 Å². The van der Waals surface area contributed by atoms with E-state index in [2.05, 4.69) is 10.0 Å². The van der Waals surface area contributed by atoms with E-state index in [1.807, 2.05) is 0 Å². The van der Waals surface area contributed by atoms with Gasteiger partial charge < -0.3 is 14.8 Å². The lowest BCUT2D eigenvalue weighted by molar-refractivity contribution is 0.102. The number of ether oxygens (including phenoxy) is 2. The average molecular weight is 465 g/mol. The first-order valence-electron chi connectivity index (χ1n) is 8.85. The Hall–Kier alpha value is -3.30. The first-order valence-corrected chi connectivity index (χ1v) is 10.7. The Morgan fingerprint density at radius 1 is 0.935 bits per heavy atom. The zero-order valence-electron chi connectivity index (χ0n) is 16.5. The minimum absolute atomic E-state index is 0.0525. The third kappa shape index (κ3) is 5.07. The molecule has 0 aliphatic heterocycles. The lowest BCUT2D eigenvalue weighted by atomic mass is 10.2. The fourth-order valence-electron chi connectivity index (χ4n) is 2.75. The van der Waals surface area contributed by atoms with E-state index >= 15 is 0 Å². The third-order valence-electron chi connectivity index (χ3n) is 4.25. The average Bonchev–Trinajstić information content (AvgIpc) is 2.74. The topological polar surface area (TPSA) is 93.7 Å². The molecule has 1 amide bonds. The maximum absolute atomic E-state index is 13.9. The third-order valence-corrected chi connectivity index (χ3v) is 5.85. The van der Waals surface area contributed by atoms with Crippen molar-refractivity contribution >= 4 is 38.9 Å². The second kappa shape index (κ2) is 9.23. The minimum atomic E-state index is -4.09. The van der Waals surface area contributed by atoms with E-state index in [9.17, 15) is 17.6 Å². The molecule has 0 spiro atoms. The number of methoxy groups -OCH3 is 2. The second-order valence-electron chi connectivity index (χ2n) is 6.25. The fraction of sp³-hybridized carbons (Fsp3) is 0.0952. The fourth-order valence-corrected chi connectivity index (χ4v) is 4.01. The SMILES string of the molecule is COc1ccc(S(=O)(=O)Nc2cc(Cl)ccc2OC)cc1NC(=O)c1ccccc1F. The Balaban J connectivity index is 1.95. The van der Waals surface area contributed by atoms with Gasteiger partial charge in [0, 0.05) is 5.02 Å². The molecule has 0 aromatic heterocycles. The molecule has 0 atom stereocenters. The maximum Gasteiger partial charge on any atom is 0.262 e. The summed E-state index contributed by atoms with van der Waals surface area (Å²) in [7, 11) is -1.34. The van der Waals surface area contributed by atoms with Crippen LogP contribution in [0.15, 0.2) is 65.6 Å². The predicted molar refractivity (Wildman–Crippen MR) is 116 cm³/mol. The molecule has 0 unspecified atom stereocenters. The van der Waals surface area contributed by atoms with Gasteiger partial charge in [0.2, 0.25) is 0 Å². The number of nitrogens with one attached hydrogen (secondary N) is 2.